The van der Waals surface area contributed by atoms with Crippen molar-refractivity contribution in [3.63, 3.8) is 0 Å². The zero-order valence-electron chi connectivity index (χ0n) is 10.6. The molecule has 0 atom stereocenters. The van der Waals surface area contributed by atoms with Gasteiger partial charge in [0.15, 0.2) is 0 Å². The van der Waals surface area contributed by atoms with Crippen LogP contribution < -0.4 is 10.6 Å². The molecular weight excluding hydrogens is 228 g/mol. The van der Waals surface area contributed by atoms with Gasteiger partial charge in [-0.2, -0.15) is 0 Å². The lowest BCUT2D eigenvalue weighted by Gasteiger charge is -2.26. The van der Waals surface area contributed by atoms with Crippen LogP contribution in [0.25, 0.3) is 0 Å². The summed E-state index contributed by atoms with van der Waals surface area (Å²) in [5, 5.41) is 15.2. The summed E-state index contributed by atoms with van der Waals surface area (Å²) < 4.78 is 0. The number of anilines is 1. The van der Waals surface area contributed by atoms with Crippen molar-refractivity contribution in [2.24, 2.45) is 0 Å². The lowest BCUT2D eigenvalue weighted by molar-refractivity contribution is 0.118. The predicted molar refractivity (Wildman–Crippen MR) is 71.6 cm³/mol. The van der Waals surface area contributed by atoms with Crippen LogP contribution in [0.4, 0.5) is 10.5 Å². The second-order valence-corrected chi connectivity index (χ2v) is 4.92. The molecule has 4 nitrogen and oxygen atoms in total. The van der Waals surface area contributed by atoms with E-state index >= 15 is 0 Å². The molecule has 0 unspecified atom stereocenters. The molecule has 98 valence electrons. The molecule has 0 saturated heterocycles. The highest BCUT2D eigenvalue weighted by atomic mass is 16.3. The summed E-state index contributed by atoms with van der Waals surface area (Å²) in [7, 11) is 0. The minimum absolute atomic E-state index is 0.161. The quantitative estimate of drug-likeness (QED) is 0.752. The van der Waals surface area contributed by atoms with Crippen LogP contribution in [0.2, 0.25) is 0 Å². The van der Waals surface area contributed by atoms with E-state index in [1.807, 2.05) is 31.2 Å². The lowest BCUT2D eigenvalue weighted by Crippen LogP contribution is -2.40. The van der Waals surface area contributed by atoms with Crippen LogP contribution in [0.3, 0.4) is 0 Å². The summed E-state index contributed by atoms with van der Waals surface area (Å²) >= 11 is 0. The first-order valence-corrected chi connectivity index (χ1v) is 6.46. The second kappa shape index (κ2) is 5.87. The van der Waals surface area contributed by atoms with Crippen LogP contribution in [-0.4, -0.2) is 23.3 Å². The zero-order valence-corrected chi connectivity index (χ0v) is 10.6. The summed E-state index contributed by atoms with van der Waals surface area (Å²) in [4.78, 5) is 11.8. The van der Waals surface area contributed by atoms with Crippen molar-refractivity contribution in [2.75, 3.05) is 5.32 Å². The van der Waals surface area contributed by atoms with Gasteiger partial charge in [-0.15, -0.1) is 0 Å². The number of amides is 2. The van der Waals surface area contributed by atoms with E-state index in [0.717, 1.165) is 36.9 Å². The Labute approximate surface area is 107 Å². The SMILES string of the molecule is Cc1ccccc1NC(=O)NC1CCC(O)CC1. The normalized spacial score (nSPS) is 23.4. The number of hydrogen-bond donors (Lipinski definition) is 3. The fourth-order valence-electron chi connectivity index (χ4n) is 2.28. The topological polar surface area (TPSA) is 61.4 Å². The molecule has 1 saturated carbocycles. The predicted octanol–water partition coefficient (Wildman–Crippen LogP) is 2.42. The molecule has 18 heavy (non-hydrogen) atoms. The zero-order chi connectivity index (χ0) is 13.0. The summed E-state index contributed by atoms with van der Waals surface area (Å²) in [5.41, 5.74) is 1.89. The van der Waals surface area contributed by atoms with Gasteiger partial charge in [-0.3, -0.25) is 0 Å². The fraction of sp³-hybridized carbons (Fsp3) is 0.500. The molecule has 2 rings (SSSR count). The lowest BCUT2D eigenvalue weighted by atomic mass is 9.93. The number of benzene rings is 1. The van der Waals surface area contributed by atoms with Gasteiger partial charge in [0.1, 0.15) is 0 Å². The third-order valence-electron chi connectivity index (χ3n) is 3.43. The molecule has 1 aromatic rings. The van der Waals surface area contributed by atoms with Crippen LogP contribution in [0, 0.1) is 6.92 Å². The van der Waals surface area contributed by atoms with Crippen LogP contribution in [-0.2, 0) is 0 Å². The molecule has 4 heteroatoms. The molecule has 3 N–H and O–H groups in total. The van der Waals surface area contributed by atoms with E-state index in [9.17, 15) is 9.90 Å². The van der Waals surface area contributed by atoms with E-state index in [2.05, 4.69) is 10.6 Å². The third kappa shape index (κ3) is 3.47. The number of aryl methyl sites for hydroxylation is 1. The highest BCUT2D eigenvalue weighted by Gasteiger charge is 2.20. The maximum Gasteiger partial charge on any atom is 0.319 e. The largest absolute Gasteiger partial charge is 0.393 e. The van der Waals surface area contributed by atoms with Crippen molar-refractivity contribution in [2.45, 2.75) is 44.8 Å². The summed E-state index contributed by atoms with van der Waals surface area (Å²) in [5.74, 6) is 0. The van der Waals surface area contributed by atoms with E-state index in [4.69, 9.17) is 0 Å². The summed E-state index contributed by atoms with van der Waals surface area (Å²) in [6.07, 6.45) is 3.05. The van der Waals surface area contributed by atoms with Gasteiger partial charge in [0.2, 0.25) is 0 Å². The van der Waals surface area contributed by atoms with Gasteiger partial charge in [-0.1, -0.05) is 18.2 Å². The van der Waals surface area contributed by atoms with Gasteiger partial charge in [-0.05, 0) is 44.2 Å². The number of carbonyl (C=O) groups excluding carboxylic acids is 1. The van der Waals surface area contributed by atoms with E-state index in [1.165, 1.54) is 0 Å². The van der Waals surface area contributed by atoms with E-state index in [1.54, 1.807) is 0 Å². The molecule has 1 aliphatic rings. The molecule has 2 amide bonds. The van der Waals surface area contributed by atoms with Crippen molar-refractivity contribution in [3.05, 3.63) is 29.8 Å². The third-order valence-corrected chi connectivity index (χ3v) is 3.43. The maximum atomic E-state index is 11.8. The van der Waals surface area contributed by atoms with Gasteiger partial charge < -0.3 is 15.7 Å². The smallest absolute Gasteiger partial charge is 0.319 e. The van der Waals surface area contributed by atoms with Crippen LogP contribution in [0.1, 0.15) is 31.2 Å². The molecule has 1 aliphatic carbocycles. The Balaban J connectivity index is 1.84. The molecule has 0 radical (unpaired) electrons. The Bertz CT molecular complexity index is 412. The Kier molecular flexibility index (Phi) is 4.20. The van der Waals surface area contributed by atoms with E-state index < -0.39 is 0 Å². The highest BCUT2D eigenvalue weighted by Crippen LogP contribution is 2.18. The van der Waals surface area contributed by atoms with Crippen molar-refractivity contribution < 1.29 is 9.90 Å². The number of aliphatic hydroxyl groups is 1. The van der Waals surface area contributed by atoms with Crippen molar-refractivity contribution in [1.82, 2.24) is 5.32 Å². The molecule has 1 fully saturated rings. The minimum Gasteiger partial charge on any atom is -0.393 e. The molecule has 0 aromatic heterocycles. The Hall–Kier alpha value is -1.55. The van der Waals surface area contributed by atoms with E-state index in [0.29, 0.717) is 0 Å². The standard InChI is InChI=1S/C14H20N2O2/c1-10-4-2-3-5-13(10)16-14(18)15-11-6-8-12(17)9-7-11/h2-5,11-12,17H,6-9H2,1H3,(H2,15,16,18). The first-order chi connectivity index (χ1) is 8.65. The average Bonchev–Trinajstić information content (AvgIpc) is 2.35. The Morgan fingerprint density at radius 1 is 1.22 bits per heavy atom. The van der Waals surface area contributed by atoms with Crippen LogP contribution in [0.15, 0.2) is 24.3 Å². The number of urea groups is 1. The molecule has 1 aromatic carbocycles. The number of hydrogen-bond acceptors (Lipinski definition) is 2. The summed E-state index contributed by atoms with van der Waals surface area (Å²) in [6, 6.07) is 7.72. The number of aliphatic hydroxyl groups excluding tert-OH is 1. The van der Waals surface area contributed by atoms with Gasteiger partial charge >= 0.3 is 6.03 Å². The van der Waals surface area contributed by atoms with Gasteiger partial charge in [0, 0.05) is 11.7 Å². The maximum absolute atomic E-state index is 11.8. The van der Waals surface area contributed by atoms with Crippen LogP contribution in [0.5, 0.6) is 0 Å². The first kappa shape index (κ1) is 12.9. The number of carbonyl (C=O) groups is 1. The van der Waals surface area contributed by atoms with Gasteiger partial charge in [-0.25, -0.2) is 4.79 Å². The minimum atomic E-state index is -0.192. The van der Waals surface area contributed by atoms with Crippen molar-refractivity contribution >= 4 is 11.7 Å². The molecule has 0 aliphatic heterocycles. The van der Waals surface area contributed by atoms with E-state index in [-0.39, 0.29) is 18.2 Å². The number of nitrogens with one attached hydrogen (secondary N) is 2. The van der Waals surface area contributed by atoms with Crippen LogP contribution >= 0.6 is 0 Å². The highest BCUT2D eigenvalue weighted by molar-refractivity contribution is 5.90. The molecule has 0 bridgehead atoms. The Morgan fingerprint density at radius 2 is 1.89 bits per heavy atom. The number of rotatable bonds is 2. The monoisotopic (exact) mass is 248 g/mol. The van der Waals surface area contributed by atoms with Gasteiger partial charge in [0.05, 0.1) is 6.10 Å². The molecule has 0 spiro atoms. The van der Waals surface area contributed by atoms with Crippen molar-refractivity contribution in [3.8, 4) is 0 Å². The number of para-hydroxylation sites is 1. The average molecular weight is 248 g/mol. The summed E-state index contributed by atoms with van der Waals surface area (Å²) in [6.45, 7) is 1.96. The fourth-order valence-corrected chi connectivity index (χ4v) is 2.28. The Morgan fingerprint density at radius 3 is 2.56 bits per heavy atom. The van der Waals surface area contributed by atoms with Crippen molar-refractivity contribution in [1.29, 1.82) is 0 Å². The molecule has 0 heterocycles. The second-order valence-electron chi connectivity index (χ2n) is 4.92. The molecular formula is C14H20N2O2. The van der Waals surface area contributed by atoms with Gasteiger partial charge in [0.25, 0.3) is 0 Å². The first-order valence-electron chi connectivity index (χ1n) is 6.46.